The van der Waals surface area contributed by atoms with Crippen LogP contribution in [0.4, 0.5) is 0 Å². The number of carboxylic acid groups (broad SMARTS) is 1. The summed E-state index contributed by atoms with van der Waals surface area (Å²) in [6.45, 7) is 4.24. The predicted molar refractivity (Wildman–Crippen MR) is 76.6 cm³/mol. The van der Waals surface area contributed by atoms with Crippen LogP contribution >= 0.6 is 0 Å². The maximum atomic E-state index is 10.8. The molecule has 0 unspecified atom stereocenters. The Morgan fingerprint density at radius 1 is 1.40 bits per heavy atom. The number of carboxylic acids is 1. The monoisotopic (exact) mass is 279 g/mol. The van der Waals surface area contributed by atoms with Gasteiger partial charge in [0.25, 0.3) is 0 Å². The Morgan fingerprint density at radius 3 is 2.55 bits per heavy atom. The van der Waals surface area contributed by atoms with Crippen LogP contribution in [0.25, 0.3) is 0 Å². The average molecular weight is 279 g/mol. The molecule has 0 bridgehead atoms. The summed E-state index contributed by atoms with van der Waals surface area (Å²) in [5.74, 6) is 4.69. The van der Waals surface area contributed by atoms with Crippen LogP contribution in [0.15, 0.2) is 35.8 Å². The summed E-state index contributed by atoms with van der Waals surface area (Å²) in [4.78, 5) is 10.8. The topological polar surface area (TPSA) is 111 Å². The first-order chi connectivity index (χ1) is 9.53. The van der Waals surface area contributed by atoms with E-state index < -0.39 is 11.7 Å². The highest BCUT2D eigenvalue weighted by Crippen LogP contribution is 2.26. The molecule has 0 amide bonds. The Bertz CT molecular complexity index is 496. The van der Waals surface area contributed by atoms with E-state index in [1.54, 1.807) is 6.07 Å². The summed E-state index contributed by atoms with van der Waals surface area (Å²) in [6.07, 6.45) is 2.05. The molecular weight excluding hydrogens is 258 g/mol. The van der Waals surface area contributed by atoms with Crippen molar-refractivity contribution in [3.05, 3.63) is 41.4 Å². The zero-order valence-electron chi connectivity index (χ0n) is 11.7. The second kappa shape index (κ2) is 7.40. The van der Waals surface area contributed by atoms with E-state index in [1.807, 2.05) is 18.2 Å². The van der Waals surface area contributed by atoms with Gasteiger partial charge < -0.3 is 15.6 Å². The van der Waals surface area contributed by atoms with Gasteiger partial charge in [-0.3, -0.25) is 5.43 Å². The number of hydrogen-bond acceptors (Lipinski definition) is 5. The Labute approximate surface area is 118 Å². The fourth-order valence-corrected chi connectivity index (χ4v) is 1.97. The number of rotatable bonds is 7. The number of carbonyl (C=O) groups is 1. The van der Waals surface area contributed by atoms with Gasteiger partial charge in [-0.15, -0.1) is 0 Å². The highest BCUT2D eigenvalue weighted by molar-refractivity contribution is 5.85. The number of ether oxygens (including phenoxy) is 1. The summed E-state index contributed by atoms with van der Waals surface area (Å²) >= 11 is 0. The average Bonchev–Trinajstić information content (AvgIpc) is 2.45. The molecule has 0 aromatic heterocycles. The van der Waals surface area contributed by atoms with Crippen molar-refractivity contribution >= 4 is 5.97 Å². The summed E-state index contributed by atoms with van der Waals surface area (Å²) in [6, 6.07) is 7.46. The minimum Gasteiger partial charge on any atom is -0.476 e. The molecule has 0 aliphatic rings. The van der Waals surface area contributed by atoms with Crippen molar-refractivity contribution in [2.45, 2.75) is 32.6 Å². The molecule has 1 aromatic carbocycles. The van der Waals surface area contributed by atoms with Crippen molar-refractivity contribution in [2.24, 2.45) is 11.6 Å². The van der Waals surface area contributed by atoms with Gasteiger partial charge >= 0.3 is 5.97 Å². The van der Waals surface area contributed by atoms with Crippen LogP contribution < -0.4 is 21.7 Å². The Kier molecular flexibility index (Phi) is 5.86. The van der Waals surface area contributed by atoms with E-state index >= 15 is 0 Å². The van der Waals surface area contributed by atoms with Crippen molar-refractivity contribution in [3.63, 3.8) is 0 Å². The van der Waals surface area contributed by atoms with Gasteiger partial charge in [0.15, 0.2) is 5.70 Å². The molecule has 0 fully saturated rings. The molecule has 6 heteroatoms. The van der Waals surface area contributed by atoms with Crippen molar-refractivity contribution in [1.29, 1.82) is 0 Å². The lowest BCUT2D eigenvalue weighted by Crippen LogP contribution is -2.31. The first-order valence-electron chi connectivity index (χ1n) is 6.50. The zero-order chi connectivity index (χ0) is 15.1. The van der Waals surface area contributed by atoms with E-state index in [2.05, 4.69) is 19.3 Å². The number of nitrogens with one attached hydrogen (secondary N) is 1. The minimum atomic E-state index is -1.30. The second-order valence-electron chi connectivity index (χ2n) is 4.38. The number of nitrogens with two attached hydrogens (primary N) is 2. The lowest BCUT2D eigenvalue weighted by atomic mass is 9.94. The van der Waals surface area contributed by atoms with Crippen LogP contribution in [0, 0.1) is 0 Å². The Hall–Kier alpha value is -2.21. The largest absolute Gasteiger partial charge is 0.476 e. The number of benzene rings is 1. The van der Waals surface area contributed by atoms with Crippen molar-refractivity contribution in [2.75, 3.05) is 0 Å². The van der Waals surface area contributed by atoms with Crippen LogP contribution in [-0.2, 0) is 4.79 Å². The molecule has 110 valence electrons. The van der Waals surface area contributed by atoms with Crippen molar-refractivity contribution in [3.8, 4) is 5.75 Å². The lowest BCUT2D eigenvalue weighted by molar-refractivity contribution is -0.132. The molecule has 6 nitrogen and oxygen atoms in total. The highest BCUT2D eigenvalue weighted by Gasteiger charge is 2.13. The second-order valence-corrected chi connectivity index (χ2v) is 4.38. The SMILES string of the molecule is CCC(CC)c1cccc(O/C(NN)=C(/N)C(=O)O)c1. The third-order valence-electron chi connectivity index (χ3n) is 3.14. The Balaban J connectivity index is 3.01. The summed E-state index contributed by atoms with van der Waals surface area (Å²) < 4.78 is 5.40. The van der Waals surface area contributed by atoms with E-state index in [1.165, 1.54) is 0 Å². The molecule has 0 atom stereocenters. The first kappa shape index (κ1) is 15.8. The predicted octanol–water partition coefficient (Wildman–Crippen LogP) is 1.64. The summed E-state index contributed by atoms with van der Waals surface area (Å²) in [5, 5.41) is 8.82. The Morgan fingerprint density at radius 2 is 2.05 bits per heavy atom. The fraction of sp³-hybridized carbons (Fsp3) is 0.357. The highest BCUT2D eigenvalue weighted by atomic mass is 16.5. The molecule has 20 heavy (non-hydrogen) atoms. The van der Waals surface area contributed by atoms with Crippen LogP contribution in [0.2, 0.25) is 0 Å². The maximum absolute atomic E-state index is 10.8. The maximum Gasteiger partial charge on any atom is 0.357 e. The smallest absolute Gasteiger partial charge is 0.357 e. The van der Waals surface area contributed by atoms with Gasteiger partial charge in [0.05, 0.1) is 0 Å². The van der Waals surface area contributed by atoms with E-state index in [0.29, 0.717) is 11.7 Å². The number of hydrazine groups is 1. The third kappa shape index (κ3) is 3.89. The minimum absolute atomic E-state index is 0.181. The van der Waals surface area contributed by atoms with E-state index in [9.17, 15) is 4.79 Å². The van der Waals surface area contributed by atoms with E-state index in [-0.39, 0.29) is 5.88 Å². The summed E-state index contributed by atoms with van der Waals surface area (Å²) in [5.41, 5.74) is 8.21. The van der Waals surface area contributed by atoms with E-state index in [4.69, 9.17) is 21.4 Å². The fourth-order valence-electron chi connectivity index (χ4n) is 1.97. The molecule has 0 saturated carbocycles. The molecule has 1 aromatic rings. The lowest BCUT2D eigenvalue weighted by Gasteiger charge is -2.15. The summed E-state index contributed by atoms with van der Waals surface area (Å²) in [7, 11) is 0. The molecule has 0 spiro atoms. The van der Waals surface area contributed by atoms with Crippen molar-refractivity contribution < 1.29 is 14.6 Å². The molecule has 1 rings (SSSR count). The van der Waals surface area contributed by atoms with Crippen LogP contribution in [0.1, 0.15) is 38.2 Å². The van der Waals surface area contributed by atoms with Gasteiger partial charge in [-0.1, -0.05) is 26.0 Å². The van der Waals surface area contributed by atoms with Crippen LogP contribution in [0.5, 0.6) is 5.75 Å². The standard InChI is InChI=1S/C14H21N3O3/c1-3-9(4-2)10-6-5-7-11(8-10)20-13(17-16)12(15)14(18)19/h5-9,17H,3-4,15-16H2,1-2H3,(H,18,19)/b13-12+. The van der Waals surface area contributed by atoms with Gasteiger partial charge in [-0.25, -0.2) is 10.6 Å². The van der Waals surface area contributed by atoms with E-state index in [0.717, 1.165) is 18.4 Å². The first-order valence-corrected chi connectivity index (χ1v) is 6.50. The normalized spacial score (nSPS) is 12.0. The van der Waals surface area contributed by atoms with Gasteiger partial charge in [0.2, 0.25) is 5.88 Å². The molecule has 0 saturated heterocycles. The van der Waals surface area contributed by atoms with Gasteiger partial charge in [0, 0.05) is 0 Å². The zero-order valence-corrected chi connectivity index (χ0v) is 11.7. The molecule has 0 radical (unpaired) electrons. The van der Waals surface area contributed by atoms with Gasteiger partial charge in [0.1, 0.15) is 5.75 Å². The third-order valence-corrected chi connectivity index (χ3v) is 3.14. The molecular formula is C14H21N3O3. The van der Waals surface area contributed by atoms with Crippen LogP contribution in [-0.4, -0.2) is 11.1 Å². The van der Waals surface area contributed by atoms with Crippen molar-refractivity contribution in [1.82, 2.24) is 5.43 Å². The molecule has 0 aliphatic carbocycles. The number of hydrogen-bond donors (Lipinski definition) is 4. The van der Waals surface area contributed by atoms with Gasteiger partial charge in [-0.05, 0) is 36.5 Å². The van der Waals surface area contributed by atoms with Crippen LogP contribution in [0.3, 0.4) is 0 Å². The quantitative estimate of drug-likeness (QED) is 0.261. The molecule has 6 N–H and O–H groups in total. The van der Waals surface area contributed by atoms with Gasteiger partial charge in [-0.2, -0.15) is 0 Å². The molecule has 0 heterocycles. The number of aliphatic carboxylic acids is 1. The molecule has 0 aliphatic heterocycles.